The molecule has 0 radical (unpaired) electrons. The monoisotopic (exact) mass is 374 g/mol. The van der Waals surface area contributed by atoms with Gasteiger partial charge in [-0.2, -0.15) is 0 Å². The molecule has 3 aliphatic heterocycles. The minimum absolute atomic E-state index is 0.168. The fourth-order valence-electron chi connectivity index (χ4n) is 4.23. The molecule has 1 aromatic rings. The van der Waals surface area contributed by atoms with Crippen LogP contribution in [0, 0.1) is 13.8 Å². The summed E-state index contributed by atoms with van der Waals surface area (Å²) in [4.78, 5) is 26.6. The Morgan fingerprint density at radius 3 is 2.41 bits per heavy atom. The van der Waals surface area contributed by atoms with Gasteiger partial charge in [0.25, 0.3) is 5.91 Å². The number of ether oxygens (including phenoxy) is 2. The number of piperidine rings is 1. The van der Waals surface area contributed by atoms with Gasteiger partial charge in [0.1, 0.15) is 17.7 Å². The molecule has 0 aliphatic carbocycles. The van der Waals surface area contributed by atoms with Crippen LogP contribution in [0.5, 0.6) is 0 Å². The van der Waals surface area contributed by atoms with Gasteiger partial charge in [0.15, 0.2) is 0 Å². The lowest BCUT2D eigenvalue weighted by molar-refractivity contribution is -0.142. The Morgan fingerprint density at radius 2 is 1.74 bits per heavy atom. The number of morpholine rings is 1. The van der Waals surface area contributed by atoms with Crippen LogP contribution in [0.25, 0.3) is 0 Å². The van der Waals surface area contributed by atoms with E-state index in [-0.39, 0.29) is 12.0 Å². The van der Waals surface area contributed by atoms with Crippen LogP contribution < -0.4 is 4.90 Å². The van der Waals surface area contributed by atoms with Gasteiger partial charge in [-0.25, -0.2) is 9.97 Å². The van der Waals surface area contributed by atoms with Gasteiger partial charge in [0.05, 0.1) is 13.2 Å². The molecule has 0 saturated carbocycles. The van der Waals surface area contributed by atoms with E-state index >= 15 is 0 Å². The Morgan fingerprint density at radius 1 is 1.00 bits per heavy atom. The Labute approximate surface area is 161 Å². The molecule has 7 nitrogen and oxygen atoms in total. The van der Waals surface area contributed by atoms with E-state index in [1.54, 1.807) is 0 Å². The first-order valence-corrected chi connectivity index (χ1v) is 10.2. The average Bonchev–Trinajstić information content (AvgIpc) is 3.25. The zero-order valence-corrected chi connectivity index (χ0v) is 16.4. The van der Waals surface area contributed by atoms with Crippen LogP contribution in [0.15, 0.2) is 0 Å². The Bertz CT molecular complexity index is 676. The van der Waals surface area contributed by atoms with Crippen molar-refractivity contribution in [3.63, 3.8) is 0 Å². The maximum atomic E-state index is 12.6. The molecule has 3 fully saturated rings. The molecule has 7 heteroatoms. The highest BCUT2D eigenvalue weighted by Gasteiger charge is 2.32. The number of anilines is 1. The lowest BCUT2D eigenvalue weighted by Gasteiger charge is -2.34. The molecule has 1 atom stereocenters. The van der Waals surface area contributed by atoms with Crippen molar-refractivity contribution in [2.45, 2.75) is 51.6 Å². The molecular formula is C20H30N4O3. The molecule has 1 aromatic heterocycles. The number of likely N-dealkylation sites (tertiary alicyclic amines) is 1. The van der Waals surface area contributed by atoms with Crippen LogP contribution >= 0.6 is 0 Å². The van der Waals surface area contributed by atoms with Crippen molar-refractivity contribution in [1.82, 2.24) is 14.9 Å². The van der Waals surface area contributed by atoms with Gasteiger partial charge < -0.3 is 19.3 Å². The number of nitrogens with zero attached hydrogens (tertiary/aromatic N) is 4. The average molecular weight is 374 g/mol. The first kappa shape index (κ1) is 18.6. The highest BCUT2D eigenvalue weighted by atomic mass is 16.5. The van der Waals surface area contributed by atoms with E-state index in [0.29, 0.717) is 12.5 Å². The predicted molar refractivity (Wildman–Crippen MR) is 102 cm³/mol. The van der Waals surface area contributed by atoms with Gasteiger partial charge in [-0.05, 0) is 39.5 Å². The van der Waals surface area contributed by atoms with Crippen LogP contribution in [0.2, 0.25) is 0 Å². The maximum absolute atomic E-state index is 12.6. The third-order valence-corrected chi connectivity index (χ3v) is 6.07. The summed E-state index contributed by atoms with van der Waals surface area (Å²) in [5, 5.41) is 0. The van der Waals surface area contributed by atoms with Crippen molar-refractivity contribution in [2.75, 3.05) is 50.9 Å². The molecule has 0 bridgehead atoms. The largest absolute Gasteiger partial charge is 0.378 e. The SMILES string of the molecule is Cc1nc(C2CCN(C(=O)[C@@H]3CCCO3)CC2)nc(N2CCOCC2)c1C. The second-order valence-electron chi connectivity index (χ2n) is 7.82. The van der Waals surface area contributed by atoms with Crippen molar-refractivity contribution >= 4 is 11.7 Å². The number of hydrogen-bond acceptors (Lipinski definition) is 6. The molecule has 1 amide bonds. The number of hydrogen-bond donors (Lipinski definition) is 0. The smallest absolute Gasteiger partial charge is 0.251 e. The fraction of sp³-hybridized carbons (Fsp3) is 0.750. The lowest BCUT2D eigenvalue weighted by Crippen LogP contribution is -2.43. The van der Waals surface area contributed by atoms with E-state index in [0.717, 1.165) is 88.0 Å². The molecule has 4 rings (SSSR count). The Kier molecular flexibility index (Phi) is 5.59. The van der Waals surface area contributed by atoms with Crippen LogP contribution in [-0.4, -0.2) is 72.9 Å². The van der Waals surface area contributed by atoms with Crippen LogP contribution in [-0.2, 0) is 14.3 Å². The summed E-state index contributed by atoms with van der Waals surface area (Å²) < 4.78 is 11.0. The van der Waals surface area contributed by atoms with Gasteiger partial charge in [-0.3, -0.25) is 4.79 Å². The van der Waals surface area contributed by atoms with Crippen molar-refractivity contribution in [2.24, 2.45) is 0 Å². The topological polar surface area (TPSA) is 67.8 Å². The van der Waals surface area contributed by atoms with Gasteiger partial charge in [-0.1, -0.05) is 0 Å². The molecule has 0 unspecified atom stereocenters. The molecule has 0 aromatic carbocycles. The van der Waals surface area contributed by atoms with Crippen LogP contribution in [0.1, 0.15) is 48.7 Å². The number of aromatic nitrogens is 2. The second-order valence-corrected chi connectivity index (χ2v) is 7.82. The standard InChI is InChI=1S/C20H30N4O3/c1-14-15(2)21-18(22-19(14)23-9-12-26-13-10-23)16-5-7-24(8-6-16)20(25)17-4-3-11-27-17/h16-17H,3-13H2,1-2H3/t17-/m0/s1. The van der Waals surface area contributed by atoms with Crippen LogP contribution in [0.3, 0.4) is 0 Å². The van der Waals surface area contributed by atoms with Gasteiger partial charge in [-0.15, -0.1) is 0 Å². The minimum Gasteiger partial charge on any atom is -0.378 e. The van der Waals surface area contributed by atoms with Gasteiger partial charge in [0.2, 0.25) is 0 Å². The summed E-state index contributed by atoms with van der Waals surface area (Å²) in [5.74, 6) is 2.47. The number of aryl methyl sites for hydroxylation is 1. The minimum atomic E-state index is -0.215. The van der Waals surface area contributed by atoms with E-state index < -0.39 is 0 Å². The summed E-state index contributed by atoms with van der Waals surface area (Å²) in [6.07, 6.45) is 3.48. The van der Waals surface area contributed by atoms with E-state index in [4.69, 9.17) is 19.4 Å². The molecule has 148 valence electrons. The first-order chi connectivity index (χ1) is 13.1. The zero-order chi connectivity index (χ0) is 18.8. The third-order valence-electron chi connectivity index (χ3n) is 6.07. The molecule has 3 saturated heterocycles. The van der Waals surface area contributed by atoms with Crippen molar-refractivity contribution < 1.29 is 14.3 Å². The van der Waals surface area contributed by atoms with E-state index in [1.165, 1.54) is 0 Å². The fourth-order valence-corrected chi connectivity index (χ4v) is 4.23. The Balaban J connectivity index is 1.44. The molecular weight excluding hydrogens is 344 g/mol. The van der Waals surface area contributed by atoms with E-state index in [2.05, 4.69) is 18.7 Å². The van der Waals surface area contributed by atoms with Gasteiger partial charge >= 0.3 is 0 Å². The number of carbonyl (C=O) groups excluding carboxylic acids is 1. The summed E-state index contributed by atoms with van der Waals surface area (Å²) in [6, 6.07) is 0. The number of carbonyl (C=O) groups is 1. The number of rotatable bonds is 3. The normalized spacial score (nSPS) is 24.4. The summed E-state index contributed by atoms with van der Waals surface area (Å²) in [5.41, 5.74) is 2.21. The molecule has 0 spiro atoms. The van der Waals surface area contributed by atoms with Crippen molar-refractivity contribution in [3.8, 4) is 0 Å². The van der Waals surface area contributed by atoms with E-state index in [1.807, 2.05) is 4.90 Å². The first-order valence-electron chi connectivity index (χ1n) is 10.2. The summed E-state index contributed by atoms with van der Waals surface area (Å²) >= 11 is 0. The number of amides is 1. The Hall–Kier alpha value is -1.73. The van der Waals surface area contributed by atoms with Crippen molar-refractivity contribution in [3.05, 3.63) is 17.1 Å². The third kappa shape index (κ3) is 3.94. The molecule has 4 heterocycles. The lowest BCUT2D eigenvalue weighted by atomic mass is 9.95. The van der Waals surface area contributed by atoms with Crippen LogP contribution in [0.4, 0.5) is 5.82 Å². The predicted octanol–water partition coefficient (Wildman–Crippen LogP) is 1.82. The van der Waals surface area contributed by atoms with Crippen molar-refractivity contribution in [1.29, 1.82) is 0 Å². The molecule has 27 heavy (non-hydrogen) atoms. The molecule has 3 aliphatic rings. The summed E-state index contributed by atoms with van der Waals surface area (Å²) in [7, 11) is 0. The maximum Gasteiger partial charge on any atom is 0.251 e. The highest BCUT2D eigenvalue weighted by Crippen LogP contribution is 2.30. The quantitative estimate of drug-likeness (QED) is 0.804. The zero-order valence-electron chi connectivity index (χ0n) is 16.4. The van der Waals surface area contributed by atoms with E-state index in [9.17, 15) is 4.79 Å². The van der Waals surface area contributed by atoms with Gasteiger partial charge in [0, 0.05) is 50.0 Å². The molecule has 0 N–H and O–H groups in total. The second kappa shape index (κ2) is 8.10. The highest BCUT2D eigenvalue weighted by molar-refractivity contribution is 5.81. The summed E-state index contributed by atoms with van der Waals surface area (Å²) in [6.45, 7) is 9.69.